The van der Waals surface area contributed by atoms with Crippen LogP contribution in [0.2, 0.25) is 0 Å². The lowest BCUT2D eigenvalue weighted by Crippen LogP contribution is -2.55. The Balaban J connectivity index is 1.01. The van der Waals surface area contributed by atoms with Crippen LogP contribution in [-0.4, -0.2) is 81.3 Å². The molecule has 14 heteroatoms. The van der Waals surface area contributed by atoms with Crippen molar-refractivity contribution in [3.8, 4) is 0 Å². The Morgan fingerprint density at radius 3 is 1.40 bits per heavy atom. The van der Waals surface area contributed by atoms with Gasteiger partial charge in [-0.25, -0.2) is 28.1 Å². The lowest BCUT2D eigenvalue weighted by molar-refractivity contribution is -0.150. The predicted octanol–water partition coefficient (Wildman–Crippen LogP) is 0.310. The van der Waals surface area contributed by atoms with Crippen LogP contribution in [0.1, 0.15) is 70.6 Å². The summed E-state index contributed by atoms with van der Waals surface area (Å²) < 4.78 is 30.0. The van der Waals surface area contributed by atoms with Gasteiger partial charge in [0, 0.05) is 18.9 Å². The van der Waals surface area contributed by atoms with Crippen molar-refractivity contribution in [2.75, 3.05) is 13.2 Å². The van der Waals surface area contributed by atoms with E-state index in [-0.39, 0.29) is 106 Å². The molecule has 1 aromatic heterocycles. The van der Waals surface area contributed by atoms with E-state index in [2.05, 4.69) is 0 Å². The number of Topliss-reactive ketones (excluding diaryl/α,β-unsaturated/α-hetero) is 1. The first-order valence-corrected chi connectivity index (χ1v) is 16.5. The van der Waals surface area contributed by atoms with E-state index in [4.69, 9.17) is 23.7 Å². The van der Waals surface area contributed by atoms with Gasteiger partial charge in [0.15, 0.2) is 0 Å². The van der Waals surface area contributed by atoms with E-state index in [1.165, 1.54) is 0 Å². The number of epoxide rings is 3. The fourth-order valence-electron chi connectivity index (χ4n) is 7.52. The zero-order valence-corrected chi connectivity index (χ0v) is 25.3. The molecule has 1 aromatic rings. The van der Waals surface area contributed by atoms with E-state index in [1.807, 2.05) is 0 Å². The van der Waals surface area contributed by atoms with Crippen LogP contribution in [0.5, 0.6) is 0 Å². The molecule has 0 radical (unpaired) electrons. The molecule has 6 fully saturated rings. The number of hydrogen-bond donors (Lipinski definition) is 0. The van der Waals surface area contributed by atoms with E-state index in [0.717, 1.165) is 39.4 Å². The fourth-order valence-corrected chi connectivity index (χ4v) is 7.52. The summed E-state index contributed by atoms with van der Waals surface area (Å²) in [5, 5.41) is 0. The molecule has 9 atom stereocenters. The minimum absolute atomic E-state index is 0.0617. The largest absolute Gasteiger partial charge is 0.464 e. The molecule has 0 N–H and O–H groups in total. The molecule has 3 saturated carbocycles. The second-order valence-electron chi connectivity index (χ2n) is 13.4. The number of carbonyl (C=O) groups excluding carboxylic acids is 3. The van der Waals surface area contributed by atoms with Crippen molar-refractivity contribution in [3.05, 3.63) is 31.5 Å². The molecule has 0 amide bonds. The summed E-state index contributed by atoms with van der Waals surface area (Å²) in [6.07, 6.45) is 8.09. The van der Waals surface area contributed by atoms with E-state index in [9.17, 15) is 28.8 Å². The fraction of sp³-hybridized carbons (Fsp3) is 0.806. The molecular weight excluding hydrogens is 590 g/mol. The Labute approximate surface area is 258 Å². The predicted molar refractivity (Wildman–Crippen MR) is 153 cm³/mol. The average Bonchev–Trinajstić information content (AvgIpc) is 3.92. The van der Waals surface area contributed by atoms with Gasteiger partial charge in [-0.3, -0.25) is 14.4 Å². The molecule has 0 aromatic carbocycles. The molecule has 0 bridgehead atoms. The zero-order valence-electron chi connectivity index (χ0n) is 25.3. The van der Waals surface area contributed by atoms with Gasteiger partial charge in [-0.2, -0.15) is 0 Å². The summed E-state index contributed by atoms with van der Waals surface area (Å²) in [6, 6.07) is 0. The molecule has 45 heavy (non-hydrogen) atoms. The molecule has 0 spiro atoms. The van der Waals surface area contributed by atoms with Gasteiger partial charge in [-0.15, -0.1) is 0 Å². The molecule has 14 nitrogen and oxygen atoms in total. The maximum atomic E-state index is 13.4. The van der Waals surface area contributed by atoms with E-state index < -0.39 is 29.0 Å². The normalized spacial score (nSPS) is 34.1. The van der Waals surface area contributed by atoms with Crippen molar-refractivity contribution in [2.45, 2.75) is 127 Å². The number of nitrogens with zero attached hydrogens (tertiary/aromatic N) is 3. The highest BCUT2D eigenvalue weighted by Crippen LogP contribution is 2.41. The molecule has 3 saturated heterocycles. The van der Waals surface area contributed by atoms with Crippen LogP contribution in [0.3, 0.4) is 0 Å². The number of hydrogen-bond acceptors (Lipinski definition) is 11. The molecule has 6 aliphatic rings. The van der Waals surface area contributed by atoms with Gasteiger partial charge in [0.2, 0.25) is 0 Å². The number of aromatic nitrogens is 3. The van der Waals surface area contributed by atoms with Gasteiger partial charge in [-0.05, 0) is 64.2 Å². The first-order chi connectivity index (χ1) is 21.8. The van der Waals surface area contributed by atoms with Crippen molar-refractivity contribution in [2.24, 2.45) is 17.8 Å². The molecule has 3 aliphatic carbocycles. The van der Waals surface area contributed by atoms with Gasteiger partial charge in [0.1, 0.15) is 19.0 Å². The monoisotopic (exact) mass is 631 g/mol. The summed E-state index contributed by atoms with van der Waals surface area (Å²) in [5.74, 6) is -1.36. The molecule has 7 rings (SSSR count). The van der Waals surface area contributed by atoms with E-state index in [1.54, 1.807) is 0 Å². The van der Waals surface area contributed by atoms with Crippen molar-refractivity contribution < 1.29 is 38.1 Å². The second-order valence-corrected chi connectivity index (χ2v) is 13.4. The Bertz CT molecular complexity index is 1310. The molecule has 4 heterocycles. The molecule has 3 aliphatic heterocycles. The number of fused-ring (bicyclic) bond motifs is 3. The van der Waals surface area contributed by atoms with Crippen LogP contribution in [0.25, 0.3) is 0 Å². The molecular formula is C31H41N3O11. The van der Waals surface area contributed by atoms with Crippen molar-refractivity contribution in [3.63, 3.8) is 0 Å². The molecule has 9 unspecified atom stereocenters. The van der Waals surface area contributed by atoms with Crippen LogP contribution in [0.4, 0.5) is 0 Å². The van der Waals surface area contributed by atoms with Gasteiger partial charge in [0.25, 0.3) is 0 Å². The zero-order chi connectivity index (χ0) is 31.2. The smallest absolute Gasteiger partial charge is 0.336 e. The summed E-state index contributed by atoms with van der Waals surface area (Å²) in [5.41, 5.74) is -2.53. The van der Waals surface area contributed by atoms with E-state index in [0.29, 0.717) is 32.1 Å². The topological polar surface area (TPSA) is 173 Å². The highest BCUT2D eigenvalue weighted by atomic mass is 16.6. The third-order valence-corrected chi connectivity index (χ3v) is 10.4. The van der Waals surface area contributed by atoms with Gasteiger partial charge in [-0.1, -0.05) is 0 Å². The third-order valence-electron chi connectivity index (χ3n) is 10.4. The lowest BCUT2D eigenvalue weighted by Gasteiger charge is -2.19. The summed E-state index contributed by atoms with van der Waals surface area (Å²) in [4.78, 5) is 78.2. The highest BCUT2D eigenvalue weighted by Gasteiger charge is 2.47. The second kappa shape index (κ2) is 12.6. The van der Waals surface area contributed by atoms with Gasteiger partial charge >= 0.3 is 29.0 Å². The Morgan fingerprint density at radius 1 is 0.556 bits per heavy atom. The van der Waals surface area contributed by atoms with Crippen molar-refractivity contribution in [1.82, 2.24) is 13.7 Å². The Hall–Kier alpha value is -3.10. The van der Waals surface area contributed by atoms with Gasteiger partial charge in [0.05, 0.1) is 61.5 Å². The summed E-state index contributed by atoms with van der Waals surface area (Å²) >= 11 is 0. The molecule has 246 valence electrons. The maximum Gasteiger partial charge on any atom is 0.336 e. The lowest BCUT2D eigenvalue weighted by atomic mass is 9.85. The van der Waals surface area contributed by atoms with Crippen LogP contribution in [0.15, 0.2) is 14.4 Å². The van der Waals surface area contributed by atoms with E-state index >= 15 is 0 Å². The van der Waals surface area contributed by atoms with Gasteiger partial charge < -0.3 is 23.7 Å². The number of carbonyl (C=O) groups is 3. The SMILES string of the molecule is O=C(CCCn1c(=O)n(CCOC(=O)C2CCC3OC3C2)c(=O)n(CCOC(=O)C2CCC3OC3C2)c1=O)C1CCC2OC2C1. The van der Waals surface area contributed by atoms with Crippen molar-refractivity contribution in [1.29, 1.82) is 0 Å². The first kappa shape index (κ1) is 30.5. The average molecular weight is 632 g/mol. The first-order valence-electron chi connectivity index (χ1n) is 16.5. The maximum absolute atomic E-state index is 13.4. The van der Waals surface area contributed by atoms with Crippen LogP contribution >= 0.6 is 0 Å². The minimum atomic E-state index is -0.871. The van der Waals surface area contributed by atoms with Crippen LogP contribution < -0.4 is 17.1 Å². The quantitative estimate of drug-likeness (QED) is 0.217. The van der Waals surface area contributed by atoms with Crippen LogP contribution in [-0.2, 0) is 57.7 Å². The number of ketones is 1. The summed E-state index contributed by atoms with van der Waals surface area (Å²) in [6.45, 7) is -0.987. The Kier molecular flexibility index (Phi) is 8.55. The number of esters is 2. The summed E-state index contributed by atoms with van der Waals surface area (Å²) in [7, 11) is 0. The highest BCUT2D eigenvalue weighted by molar-refractivity contribution is 5.81. The minimum Gasteiger partial charge on any atom is -0.464 e. The Morgan fingerprint density at radius 2 is 0.956 bits per heavy atom. The number of ether oxygens (including phenoxy) is 5. The van der Waals surface area contributed by atoms with Crippen LogP contribution in [0, 0.1) is 17.8 Å². The standard InChI is InChI=1S/C31H41N3O11/c35-20(17-3-6-21-24(14-17)43-21)2-1-9-32-29(38)33(10-12-41-27(36)18-4-7-22-25(15-18)44-22)31(40)34(30(32)39)11-13-42-28(37)19-5-8-23-26(16-19)45-23/h17-19,21-26H,1-16H2. The number of rotatable bonds is 13. The third kappa shape index (κ3) is 6.73. The van der Waals surface area contributed by atoms with Crippen molar-refractivity contribution >= 4 is 17.7 Å².